The van der Waals surface area contributed by atoms with Gasteiger partial charge < -0.3 is 0 Å². The molecule has 0 spiro atoms. The molecule has 2 fully saturated rings. The van der Waals surface area contributed by atoms with Crippen LogP contribution in [-0.2, 0) is 0 Å². The highest BCUT2D eigenvalue weighted by atomic mass is 14.4. The van der Waals surface area contributed by atoms with Crippen LogP contribution in [0, 0.1) is 5.41 Å². The Hall–Kier alpha value is 0.0649. The largest absolute Gasteiger partial charge is 0.122 e. The van der Waals surface area contributed by atoms with E-state index < -0.39 is 0 Å². The smallest absolute Gasteiger partial charge is 0.0682 e. The van der Waals surface area contributed by atoms with Crippen LogP contribution in [0.2, 0.25) is 11.1 Å². The van der Waals surface area contributed by atoms with Crippen LogP contribution in [0.4, 0.5) is 0 Å². The van der Waals surface area contributed by atoms with Gasteiger partial charge in [0.15, 0.2) is 0 Å². The minimum Gasteiger partial charge on any atom is -0.0682 e. The van der Waals surface area contributed by atoms with Crippen LogP contribution in [-0.4, -0.2) is 7.28 Å². The Morgan fingerprint density at radius 2 is 1.62 bits per heavy atom. The third-order valence-electron chi connectivity index (χ3n) is 4.44. The van der Waals surface area contributed by atoms with Crippen LogP contribution in [0.1, 0.15) is 59.3 Å². The van der Waals surface area contributed by atoms with Crippen LogP contribution in [0.15, 0.2) is 0 Å². The third kappa shape index (κ3) is 1.55. The van der Waals surface area contributed by atoms with E-state index in [-0.39, 0.29) is 0 Å². The predicted octanol–water partition coefficient (Wildman–Crippen LogP) is 4.05. The molecule has 0 nitrogen and oxygen atoms in total. The molecule has 2 heterocycles. The molecule has 2 rings (SSSR count). The first kappa shape index (κ1) is 9.61. The zero-order chi connectivity index (χ0) is 9.53. The molecule has 0 amide bonds. The molecule has 2 aliphatic rings. The number of rotatable bonds is 0. The lowest BCUT2D eigenvalue weighted by Gasteiger charge is -2.53. The molecule has 0 N–H and O–H groups in total. The highest BCUT2D eigenvalue weighted by Crippen LogP contribution is 2.60. The van der Waals surface area contributed by atoms with E-state index in [0.717, 1.165) is 5.82 Å². The molecule has 1 radical (unpaired) electrons. The summed E-state index contributed by atoms with van der Waals surface area (Å²) >= 11 is 0. The summed E-state index contributed by atoms with van der Waals surface area (Å²) < 4.78 is 0. The highest BCUT2D eigenvalue weighted by Gasteiger charge is 2.47. The van der Waals surface area contributed by atoms with Crippen molar-refractivity contribution in [3.63, 3.8) is 0 Å². The summed E-state index contributed by atoms with van der Waals surface area (Å²) in [7, 11) is 2.72. The third-order valence-corrected chi connectivity index (χ3v) is 4.44. The van der Waals surface area contributed by atoms with Crippen molar-refractivity contribution >= 4 is 7.28 Å². The van der Waals surface area contributed by atoms with Gasteiger partial charge in [-0.3, -0.25) is 0 Å². The molecule has 2 saturated heterocycles. The van der Waals surface area contributed by atoms with Crippen LogP contribution < -0.4 is 0 Å². The Kier molecular flexibility index (Phi) is 2.24. The van der Waals surface area contributed by atoms with E-state index in [4.69, 9.17) is 0 Å². The molecule has 13 heavy (non-hydrogen) atoms. The zero-order valence-corrected chi connectivity index (χ0v) is 9.40. The first-order chi connectivity index (χ1) is 6.04. The van der Waals surface area contributed by atoms with Crippen molar-refractivity contribution in [1.29, 1.82) is 0 Å². The molecule has 0 aliphatic carbocycles. The first-order valence-corrected chi connectivity index (χ1v) is 5.90. The monoisotopic (exact) mass is 177 g/mol. The average Bonchev–Trinajstić information content (AvgIpc) is 2.02. The van der Waals surface area contributed by atoms with E-state index in [2.05, 4.69) is 28.1 Å². The summed E-state index contributed by atoms with van der Waals surface area (Å²) in [4.78, 5) is 0. The van der Waals surface area contributed by atoms with Gasteiger partial charge in [0.05, 0.1) is 0 Å². The van der Waals surface area contributed by atoms with Gasteiger partial charge in [-0.15, -0.1) is 0 Å². The average molecular weight is 177 g/mol. The van der Waals surface area contributed by atoms with Gasteiger partial charge in [-0.05, 0) is 5.41 Å². The highest BCUT2D eigenvalue weighted by molar-refractivity contribution is 6.43. The van der Waals surface area contributed by atoms with E-state index in [1.807, 2.05) is 0 Å². The Labute approximate surface area is 83.7 Å². The van der Waals surface area contributed by atoms with Gasteiger partial charge in [0.1, 0.15) is 7.28 Å². The van der Waals surface area contributed by atoms with E-state index >= 15 is 0 Å². The van der Waals surface area contributed by atoms with Crippen molar-refractivity contribution in [2.75, 3.05) is 0 Å². The molecule has 0 unspecified atom stereocenters. The van der Waals surface area contributed by atoms with Gasteiger partial charge in [-0.25, -0.2) is 0 Å². The summed E-state index contributed by atoms with van der Waals surface area (Å²) in [5.74, 6) is 0.960. The van der Waals surface area contributed by atoms with Gasteiger partial charge in [0.25, 0.3) is 0 Å². The van der Waals surface area contributed by atoms with Crippen LogP contribution >= 0.6 is 0 Å². The SMILES string of the molecule is CC(C)(C)C12[B]C(CCC1)CCC2. The van der Waals surface area contributed by atoms with Gasteiger partial charge in [-0.1, -0.05) is 70.4 Å². The van der Waals surface area contributed by atoms with Crippen LogP contribution in [0.25, 0.3) is 0 Å². The fourth-order valence-corrected chi connectivity index (χ4v) is 3.41. The van der Waals surface area contributed by atoms with Crippen LogP contribution in [0.5, 0.6) is 0 Å². The van der Waals surface area contributed by atoms with Crippen molar-refractivity contribution in [2.45, 2.75) is 70.4 Å². The molecule has 1 heteroatoms. The molecule has 73 valence electrons. The fourth-order valence-electron chi connectivity index (χ4n) is 3.41. The summed E-state index contributed by atoms with van der Waals surface area (Å²) in [5.41, 5.74) is 0.492. The summed E-state index contributed by atoms with van der Waals surface area (Å²) in [6.45, 7) is 7.28. The normalized spacial score (nSPS) is 39.8. The molecular formula is C12H22B. The van der Waals surface area contributed by atoms with Crippen molar-refractivity contribution < 1.29 is 0 Å². The summed E-state index contributed by atoms with van der Waals surface area (Å²) in [6, 6.07) is 0. The molecule has 2 aliphatic heterocycles. The standard InChI is InChI=1S/C12H22B/c1-11(2,3)12-8-4-6-10(13-12)7-5-9-12/h10H,4-9H2,1-3H3. The lowest BCUT2D eigenvalue weighted by atomic mass is 9.30. The van der Waals surface area contributed by atoms with Gasteiger partial charge in [-0.2, -0.15) is 0 Å². The van der Waals surface area contributed by atoms with Crippen molar-refractivity contribution in [2.24, 2.45) is 5.41 Å². The van der Waals surface area contributed by atoms with E-state index in [0.29, 0.717) is 10.7 Å². The maximum atomic E-state index is 2.72. The minimum atomic E-state index is 0.492. The number of hydrogen-bond acceptors (Lipinski definition) is 0. The quantitative estimate of drug-likeness (QED) is 0.489. The minimum absolute atomic E-state index is 0.492. The Morgan fingerprint density at radius 1 is 1.08 bits per heavy atom. The van der Waals surface area contributed by atoms with Gasteiger partial charge in [0, 0.05) is 0 Å². The molecule has 0 saturated carbocycles. The Morgan fingerprint density at radius 3 is 2.00 bits per heavy atom. The van der Waals surface area contributed by atoms with E-state index in [1.54, 1.807) is 0 Å². The molecule has 0 aromatic heterocycles. The predicted molar refractivity (Wildman–Crippen MR) is 59.4 cm³/mol. The topological polar surface area (TPSA) is 0 Å². The maximum absolute atomic E-state index is 2.72. The lowest BCUT2D eigenvalue weighted by molar-refractivity contribution is 0.188. The van der Waals surface area contributed by atoms with E-state index in [1.165, 1.54) is 38.5 Å². The van der Waals surface area contributed by atoms with E-state index in [9.17, 15) is 0 Å². The van der Waals surface area contributed by atoms with Crippen LogP contribution in [0.3, 0.4) is 0 Å². The molecular weight excluding hydrogens is 155 g/mol. The lowest BCUT2D eigenvalue weighted by Crippen LogP contribution is -2.41. The zero-order valence-electron chi connectivity index (χ0n) is 9.40. The van der Waals surface area contributed by atoms with Gasteiger partial charge in [0.2, 0.25) is 0 Å². The molecule has 0 aromatic rings. The molecule has 0 atom stereocenters. The number of fused-ring (bicyclic) bond motifs is 2. The second-order valence-electron chi connectivity index (χ2n) is 6.12. The molecule has 2 bridgehead atoms. The Bertz CT molecular complexity index is 180. The Balaban J connectivity index is 2.19. The number of hydrogen-bond donors (Lipinski definition) is 0. The second kappa shape index (κ2) is 3.03. The van der Waals surface area contributed by atoms with Crippen molar-refractivity contribution in [3.8, 4) is 0 Å². The molecule has 0 aromatic carbocycles. The van der Waals surface area contributed by atoms with Crippen molar-refractivity contribution in [1.82, 2.24) is 0 Å². The fraction of sp³-hybridized carbons (Fsp3) is 1.00. The van der Waals surface area contributed by atoms with Gasteiger partial charge >= 0.3 is 0 Å². The first-order valence-electron chi connectivity index (χ1n) is 5.90. The second-order valence-corrected chi connectivity index (χ2v) is 6.12. The summed E-state index contributed by atoms with van der Waals surface area (Å²) in [6.07, 6.45) is 8.78. The maximum Gasteiger partial charge on any atom is 0.122 e. The summed E-state index contributed by atoms with van der Waals surface area (Å²) in [5, 5.41) is 0.591. The van der Waals surface area contributed by atoms with Crippen molar-refractivity contribution in [3.05, 3.63) is 0 Å².